The van der Waals surface area contributed by atoms with E-state index in [2.05, 4.69) is 17.0 Å². The first-order valence-electron chi connectivity index (χ1n) is 11.6. The Kier molecular flexibility index (Phi) is 8.87. The minimum Gasteiger partial charge on any atom is -0.504 e. The predicted octanol–water partition coefficient (Wildman–Crippen LogP) is 5.72. The monoisotopic (exact) mass is 474 g/mol. The van der Waals surface area contributed by atoms with Gasteiger partial charge in [-0.3, -0.25) is 4.90 Å². The number of amides is 1. The quantitative estimate of drug-likeness (QED) is 0.496. The third kappa shape index (κ3) is 8.13. The third-order valence-electron chi connectivity index (χ3n) is 5.61. The number of rotatable bonds is 8. The van der Waals surface area contributed by atoms with Crippen molar-refractivity contribution in [3.63, 3.8) is 0 Å². The first-order chi connectivity index (χ1) is 15.7. The fourth-order valence-corrected chi connectivity index (χ4v) is 4.10. The molecule has 6 nitrogen and oxygen atoms in total. The van der Waals surface area contributed by atoms with Gasteiger partial charge < -0.3 is 19.5 Å². The van der Waals surface area contributed by atoms with Crippen molar-refractivity contribution >= 4 is 17.7 Å². The van der Waals surface area contributed by atoms with Crippen molar-refractivity contribution < 1.29 is 19.4 Å². The van der Waals surface area contributed by atoms with Gasteiger partial charge in [-0.05, 0) is 69.9 Å². The maximum Gasteiger partial charge on any atom is 0.410 e. The van der Waals surface area contributed by atoms with Gasteiger partial charge >= 0.3 is 6.09 Å². The van der Waals surface area contributed by atoms with E-state index < -0.39 is 5.60 Å². The zero-order chi connectivity index (χ0) is 23.8. The van der Waals surface area contributed by atoms with Gasteiger partial charge in [0.25, 0.3) is 0 Å². The van der Waals surface area contributed by atoms with E-state index in [9.17, 15) is 9.90 Å². The lowest BCUT2D eigenvalue weighted by atomic mass is 10.0. The van der Waals surface area contributed by atoms with Gasteiger partial charge in [-0.15, -0.1) is 0 Å². The van der Waals surface area contributed by atoms with Crippen LogP contribution in [0.5, 0.6) is 11.5 Å². The van der Waals surface area contributed by atoms with Crippen molar-refractivity contribution in [2.45, 2.75) is 58.2 Å². The number of halogens is 1. The highest BCUT2D eigenvalue weighted by Gasteiger charge is 2.31. The van der Waals surface area contributed by atoms with Gasteiger partial charge in [-0.25, -0.2) is 4.79 Å². The van der Waals surface area contributed by atoms with Crippen LogP contribution in [0.2, 0.25) is 5.02 Å². The van der Waals surface area contributed by atoms with Crippen molar-refractivity contribution in [1.82, 2.24) is 9.80 Å². The highest BCUT2D eigenvalue weighted by molar-refractivity contribution is 6.30. The van der Waals surface area contributed by atoms with Crippen molar-refractivity contribution in [3.8, 4) is 11.5 Å². The van der Waals surface area contributed by atoms with Gasteiger partial charge in [-0.2, -0.15) is 0 Å². The van der Waals surface area contributed by atoms with Crippen LogP contribution in [0.3, 0.4) is 0 Å². The molecule has 3 rings (SSSR count). The van der Waals surface area contributed by atoms with Gasteiger partial charge in [0.2, 0.25) is 0 Å². The van der Waals surface area contributed by atoms with E-state index in [1.807, 2.05) is 43.9 Å². The number of phenols is 1. The summed E-state index contributed by atoms with van der Waals surface area (Å²) >= 11 is 5.99. The number of likely N-dealkylation sites (tertiary alicyclic amines) is 1. The van der Waals surface area contributed by atoms with E-state index in [0.29, 0.717) is 25.3 Å². The minimum atomic E-state index is -0.545. The summed E-state index contributed by atoms with van der Waals surface area (Å²) in [6.07, 6.45) is 2.17. The molecule has 1 fully saturated rings. The van der Waals surface area contributed by atoms with Crippen LogP contribution >= 0.6 is 11.6 Å². The number of aromatic hydroxyl groups is 1. The molecule has 2 aromatic carbocycles. The Labute approximate surface area is 202 Å². The molecule has 1 aliphatic rings. The van der Waals surface area contributed by atoms with Crippen LogP contribution in [0, 0.1) is 0 Å². The Bertz CT molecular complexity index is 890. The number of piperidine rings is 1. The predicted molar refractivity (Wildman–Crippen MR) is 131 cm³/mol. The average Bonchev–Trinajstić information content (AvgIpc) is 2.76. The molecule has 0 atom stereocenters. The number of benzene rings is 2. The molecule has 2 aromatic rings. The summed E-state index contributed by atoms with van der Waals surface area (Å²) in [6, 6.07) is 15.0. The standard InChI is InChI=1S/C26H35ClN2O4/c1-26(2,3)33-25(31)29(15-6-18-32-24-8-5-4-7-23(24)30)22-13-16-28(17-14-22)19-20-9-11-21(27)12-10-20/h4-5,7-12,22,30H,6,13-19H2,1-3H3. The molecule has 7 heteroatoms. The average molecular weight is 475 g/mol. The first kappa shape index (κ1) is 25.2. The highest BCUT2D eigenvalue weighted by Crippen LogP contribution is 2.25. The summed E-state index contributed by atoms with van der Waals surface area (Å²) in [5, 5.41) is 10.6. The van der Waals surface area contributed by atoms with Crippen molar-refractivity contribution in [3.05, 3.63) is 59.1 Å². The van der Waals surface area contributed by atoms with Crippen LogP contribution in [0.15, 0.2) is 48.5 Å². The Morgan fingerprint density at radius 1 is 1.12 bits per heavy atom. The largest absolute Gasteiger partial charge is 0.504 e. The number of para-hydroxylation sites is 2. The molecule has 0 radical (unpaired) electrons. The fourth-order valence-electron chi connectivity index (χ4n) is 3.98. The SMILES string of the molecule is CC(C)(C)OC(=O)N(CCCOc1ccccc1O)C1CCN(Cc2ccc(Cl)cc2)CC1. The maximum atomic E-state index is 13.0. The van der Waals surface area contributed by atoms with Crippen LogP contribution in [-0.2, 0) is 11.3 Å². The first-order valence-corrected chi connectivity index (χ1v) is 12.0. The third-order valence-corrected chi connectivity index (χ3v) is 5.86. The number of hydrogen-bond donors (Lipinski definition) is 1. The summed E-state index contributed by atoms with van der Waals surface area (Å²) < 4.78 is 11.4. The zero-order valence-electron chi connectivity index (χ0n) is 19.8. The zero-order valence-corrected chi connectivity index (χ0v) is 20.6. The lowest BCUT2D eigenvalue weighted by Crippen LogP contribution is -2.49. The molecule has 1 N–H and O–H groups in total. The molecule has 180 valence electrons. The van der Waals surface area contributed by atoms with Crippen molar-refractivity contribution in [1.29, 1.82) is 0 Å². The van der Waals surface area contributed by atoms with Gasteiger partial charge in [0, 0.05) is 37.2 Å². The molecule has 0 aromatic heterocycles. The van der Waals surface area contributed by atoms with E-state index in [1.54, 1.807) is 18.2 Å². The van der Waals surface area contributed by atoms with E-state index in [1.165, 1.54) is 5.56 Å². The second-order valence-corrected chi connectivity index (χ2v) is 9.91. The summed E-state index contributed by atoms with van der Waals surface area (Å²) in [6.45, 7) is 9.33. The Morgan fingerprint density at radius 3 is 2.42 bits per heavy atom. The molecule has 0 aliphatic carbocycles. The van der Waals surface area contributed by atoms with Crippen LogP contribution < -0.4 is 4.74 Å². The summed E-state index contributed by atoms with van der Waals surface area (Å²) in [4.78, 5) is 17.2. The van der Waals surface area contributed by atoms with Crippen LogP contribution in [0.4, 0.5) is 4.79 Å². The number of hydrogen-bond acceptors (Lipinski definition) is 5. The molecule has 0 bridgehead atoms. The molecule has 1 saturated heterocycles. The second kappa shape index (κ2) is 11.6. The van der Waals surface area contributed by atoms with Crippen LogP contribution in [0.1, 0.15) is 45.6 Å². The Morgan fingerprint density at radius 2 is 1.79 bits per heavy atom. The van der Waals surface area contributed by atoms with Crippen LogP contribution in [-0.4, -0.2) is 58.9 Å². The molecule has 0 unspecified atom stereocenters. The second-order valence-electron chi connectivity index (χ2n) is 9.48. The lowest BCUT2D eigenvalue weighted by molar-refractivity contribution is 0.00671. The number of carbonyl (C=O) groups is 1. The fraction of sp³-hybridized carbons (Fsp3) is 0.500. The van der Waals surface area contributed by atoms with Crippen molar-refractivity contribution in [2.24, 2.45) is 0 Å². The van der Waals surface area contributed by atoms with Gasteiger partial charge in [0.1, 0.15) is 5.60 Å². The molecule has 0 spiro atoms. The molecular formula is C26H35ClN2O4. The lowest BCUT2D eigenvalue weighted by Gasteiger charge is -2.39. The molecular weight excluding hydrogens is 440 g/mol. The maximum absolute atomic E-state index is 13.0. The van der Waals surface area contributed by atoms with E-state index >= 15 is 0 Å². The summed E-state index contributed by atoms with van der Waals surface area (Å²) in [5.74, 6) is 0.575. The normalized spacial score (nSPS) is 15.3. The topological polar surface area (TPSA) is 62.2 Å². The molecule has 1 aliphatic heterocycles. The molecule has 1 amide bonds. The number of carbonyl (C=O) groups excluding carboxylic acids is 1. The minimum absolute atomic E-state index is 0.120. The number of phenolic OH excluding ortho intramolecular Hbond substituents is 1. The van der Waals surface area contributed by atoms with E-state index in [4.69, 9.17) is 21.1 Å². The van der Waals surface area contributed by atoms with Crippen molar-refractivity contribution in [2.75, 3.05) is 26.2 Å². The molecule has 1 heterocycles. The van der Waals surface area contributed by atoms with E-state index in [-0.39, 0.29) is 17.9 Å². The summed E-state index contributed by atoms with van der Waals surface area (Å²) in [5.41, 5.74) is 0.694. The highest BCUT2D eigenvalue weighted by atomic mass is 35.5. The van der Waals surface area contributed by atoms with Crippen LogP contribution in [0.25, 0.3) is 0 Å². The van der Waals surface area contributed by atoms with E-state index in [0.717, 1.165) is 37.5 Å². The van der Waals surface area contributed by atoms with Gasteiger partial charge in [0.15, 0.2) is 11.5 Å². The Balaban J connectivity index is 1.54. The number of ether oxygens (including phenoxy) is 2. The van der Waals surface area contributed by atoms with Gasteiger partial charge in [0.05, 0.1) is 6.61 Å². The molecule has 0 saturated carbocycles. The smallest absolute Gasteiger partial charge is 0.410 e. The molecule has 33 heavy (non-hydrogen) atoms. The summed E-state index contributed by atoms with van der Waals surface area (Å²) in [7, 11) is 0. The Hall–Kier alpha value is -2.44. The van der Waals surface area contributed by atoms with Gasteiger partial charge in [-0.1, -0.05) is 35.9 Å². The number of nitrogens with zero attached hydrogens (tertiary/aromatic N) is 2.